The van der Waals surface area contributed by atoms with E-state index in [2.05, 4.69) is 32.8 Å². The van der Waals surface area contributed by atoms with Gasteiger partial charge in [-0.15, -0.1) is 23.1 Å². The number of aromatic nitrogens is 1. The molecule has 15 nitrogen and oxygen atoms in total. The van der Waals surface area contributed by atoms with E-state index in [1.807, 2.05) is 29.5 Å². The summed E-state index contributed by atoms with van der Waals surface area (Å²) in [7, 11) is 0. The van der Waals surface area contributed by atoms with Gasteiger partial charge in [0.2, 0.25) is 0 Å². The number of nitrogens with zero attached hydrogens (tertiary/aromatic N) is 5. The zero-order chi connectivity index (χ0) is 29.1. The summed E-state index contributed by atoms with van der Waals surface area (Å²) in [5.41, 5.74) is 15.0. The first-order valence-electron chi connectivity index (χ1n) is 12.4. The molecule has 1 aromatic rings. The van der Waals surface area contributed by atoms with Crippen molar-refractivity contribution in [3.63, 3.8) is 0 Å². The first kappa shape index (κ1) is 28.1. The highest BCUT2D eigenvalue weighted by atomic mass is 32.2. The number of carboxylic acids is 1. The van der Waals surface area contributed by atoms with Crippen LogP contribution in [0.3, 0.4) is 0 Å². The fraction of sp³-hybridized carbons (Fsp3) is 0.292. The van der Waals surface area contributed by atoms with E-state index >= 15 is 0 Å². The number of carboxylic acid groups (broad SMARTS) is 1. The summed E-state index contributed by atoms with van der Waals surface area (Å²) in [4.78, 5) is 51.0. The number of carbonyl (C=O) groups is 3. The van der Waals surface area contributed by atoms with Gasteiger partial charge >= 0.3 is 5.97 Å². The average molecular weight is 601 g/mol. The fourth-order valence-electron chi connectivity index (χ4n) is 4.45. The van der Waals surface area contributed by atoms with Crippen LogP contribution in [0, 0.1) is 0 Å². The van der Waals surface area contributed by atoms with Crippen LogP contribution in [0.5, 0.6) is 0 Å². The molecule has 0 bridgehead atoms. The second kappa shape index (κ2) is 11.9. The van der Waals surface area contributed by atoms with Crippen molar-refractivity contribution >= 4 is 51.7 Å². The summed E-state index contributed by atoms with van der Waals surface area (Å²) < 4.78 is 0. The van der Waals surface area contributed by atoms with Crippen LogP contribution in [0.1, 0.15) is 5.69 Å². The normalized spacial score (nSPS) is 21.3. The van der Waals surface area contributed by atoms with E-state index in [4.69, 9.17) is 16.3 Å². The molecule has 2 atom stereocenters. The van der Waals surface area contributed by atoms with Crippen LogP contribution in [-0.2, 0) is 19.2 Å². The monoisotopic (exact) mass is 600 g/mol. The van der Waals surface area contributed by atoms with E-state index < -0.39 is 29.2 Å². The predicted molar refractivity (Wildman–Crippen MR) is 153 cm³/mol. The highest BCUT2D eigenvalue weighted by Gasteiger charge is 2.54. The molecule has 1 fully saturated rings. The van der Waals surface area contributed by atoms with Crippen molar-refractivity contribution in [1.82, 2.24) is 35.9 Å². The third kappa shape index (κ3) is 5.59. The third-order valence-electron chi connectivity index (χ3n) is 6.26. The van der Waals surface area contributed by atoms with Gasteiger partial charge in [0.1, 0.15) is 41.1 Å². The Morgan fingerprint density at radius 1 is 1.37 bits per heavy atom. The lowest BCUT2D eigenvalue weighted by atomic mass is 10.0. The number of thioether (sulfide) groups is 1. The molecule has 0 spiro atoms. The summed E-state index contributed by atoms with van der Waals surface area (Å²) in [6.07, 6.45) is 8.86. The number of nitrogens with two attached hydrogens (primary N) is 2. The summed E-state index contributed by atoms with van der Waals surface area (Å²) >= 11 is 2.49. The van der Waals surface area contributed by atoms with Crippen molar-refractivity contribution < 1.29 is 24.3 Å². The van der Waals surface area contributed by atoms with E-state index in [1.54, 1.807) is 10.4 Å². The lowest BCUT2D eigenvalue weighted by Crippen LogP contribution is -2.71. The standard InChI is InChI=1S/C24H28N10O5S2/c1-2-9-39-31-17(14-12-41-24(26)28-14)20(35)29-18-21(36)34-19(23(37)38)13(11-40-22(18)34)10-32-7-8-33-16(32)4-3-15(30-33)27-6-5-25/h2-4,7-8,12,18,22,27,30H,1,5-6,9-11,25H2,(H2,26,28)(H,29,35)(H,37,38)/b31-17-/t18-,22+/m1/s1. The van der Waals surface area contributed by atoms with Crippen LogP contribution in [0.15, 0.2) is 70.7 Å². The van der Waals surface area contributed by atoms with Crippen molar-refractivity contribution in [1.29, 1.82) is 0 Å². The number of amides is 2. The third-order valence-corrected chi connectivity index (χ3v) is 8.28. The lowest BCUT2D eigenvalue weighted by molar-refractivity contribution is -0.150. The van der Waals surface area contributed by atoms with Crippen molar-refractivity contribution in [3.05, 3.63) is 71.2 Å². The largest absolute Gasteiger partial charge is 0.477 e. The van der Waals surface area contributed by atoms with Crippen molar-refractivity contribution in [2.24, 2.45) is 10.9 Å². The average Bonchev–Trinajstić information content (AvgIpc) is 3.57. The molecule has 8 N–H and O–H groups in total. The molecule has 4 aliphatic rings. The van der Waals surface area contributed by atoms with E-state index in [0.717, 1.165) is 23.0 Å². The lowest BCUT2D eigenvalue weighted by Gasteiger charge is -2.49. The maximum Gasteiger partial charge on any atom is 0.352 e. The molecule has 1 aromatic heterocycles. The number of nitrogens with one attached hydrogen (secondary N) is 3. The summed E-state index contributed by atoms with van der Waals surface area (Å²) in [6.45, 7) is 4.95. The predicted octanol–water partition coefficient (Wildman–Crippen LogP) is -0.791. The Kier molecular flexibility index (Phi) is 8.18. The molecule has 4 aliphatic heterocycles. The van der Waals surface area contributed by atoms with Crippen molar-refractivity contribution in [3.8, 4) is 0 Å². The number of hydrogen-bond acceptors (Lipinski definition) is 14. The molecular formula is C24H28N10O5S2. The van der Waals surface area contributed by atoms with Gasteiger partial charge in [-0.1, -0.05) is 17.8 Å². The SMILES string of the molecule is C=CCO/N=C(\C(=O)N[C@@H]1C(=O)N2C(C(=O)O)=C(CN3C=CN4NC(NCCN)=CC=C34)CS[C@@H]12)c1csc(N)n1. The Bertz CT molecular complexity index is 1420. The first-order chi connectivity index (χ1) is 19.8. The van der Waals surface area contributed by atoms with Crippen LogP contribution >= 0.6 is 23.1 Å². The number of β-lactam (4-membered cyclic amide) rings is 1. The summed E-state index contributed by atoms with van der Waals surface area (Å²) in [5.74, 6) is -0.530. The Morgan fingerprint density at radius 2 is 2.20 bits per heavy atom. The highest BCUT2D eigenvalue weighted by molar-refractivity contribution is 8.00. The van der Waals surface area contributed by atoms with Gasteiger partial charge in [-0.2, -0.15) is 0 Å². The molecule has 0 saturated carbocycles. The van der Waals surface area contributed by atoms with Crippen LogP contribution < -0.4 is 27.5 Å². The highest BCUT2D eigenvalue weighted by Crippen LogP contribution is 2.41. The van der Waals surface area contributed by atoms with Gasteiger partial charge in [0, 0.05) is 43.2 Å². The van der Waals surface area contributed by atoms with Crippen molar-refractivity contribution in [2.75, 3.05) is 37.7 Å². The number of hydrogen-bond donors (Lipinski definition) is 6. The van der Waals surface area contributed by atoms with E-state index in [0.29, 0.717) is 24.4 Å². The number of hydrazine groups is 1. The molecule has 5 heterocycles. The van der Waals surface area contributed by atoms with E-state index in [9.17, 15) is 19.5 Å². The minimum absolute atomic E-state index is 0.0557. The number of carbonyl (C=O) groups excluding carboxylic acids is 2. The molecule has 0 aliphatic carbocycles. The smallest absolute Gasteiger partial charge is 0.352 e. The minimum Gasteiger partial charge on any atom is -0.477 e. The molecule has 0 aromatic carbocycles. The first-order valence-corrected chi connectivity index (χ1v) is 14.3. The molecule has 0 radical (unpaired) electrons. The van der Waals surface area contributed by atoms with Gasteiger partial charge < -0.3 is 36.9 Å². The number of thiazole rings is 1. The zero-order valence-electron chi connectivity index (χ0n) is 21.6. The van der Waals surface area contributed by atoms with Gasteiger partial charge in [-0.3, -0.25) is 19.9 Å². The van der Waals surface area contributed by atoms with Crippen LogP contribution in [0.4, 0.5) is 5.13 Å². The number of nitrogen functional groups attached to an aromatic ring is 1. The molecule has 17 heteroatoms. The molecule has 1 saturated heterocycles. The molecule has 5 rings (SSSR count). The minimum atomic E-state index is -1.22. The topological polar surface area (TPSA) is 204 Å². The quantitative estimate of drug-likeness (QED) is 0.0573. The Morgan fingerprint density at radius 3 is 2.90 bits per heavy atom. The number of fused-ring (bicyclic) bond motifs is 2. The van der Waals surface area contributed by atoms with Crippen LogP contribution in [-0.4, -0.2) is 91.8 Å². The van der Waals surface area contributed by atoms with Crippen LogP contribution in [0.25, 0.3) is 0 Å². The maximum absolute atomic E-state index is 13.2. The van der Waals surface area contributed by atoms with Gasteiger partial charge in [0.25, 0.3) is 11.8 Å². The van der Waals surface area contributed by atoms with Crippen LogP contribution in [0.2, 0.25) is 0 Å². The zero-order valence-corrected chi connectivity index (χ0v) is 23.3. The van der Waals surface area contributed by atoms with Gasteiger partial charge in [0.05, 0.1) is 0 Å². The number of aliphatic carboxylic acids is 1. The second-order valence-corrected chi connectivity index (χ2v) is 10.9. The van der Waals surface area contributed by atoms with Crippen molar-refractivity contribution in [2.45, 2.75) is 11.4 Å². The molecule has 41 heavy (non-hydrogen) atoms. The fourth-order valence-corrected chi connectivity index (χ4v) is 6.33. The number of rotatable bonds is 12. The molecular weight excluding hydrogens is 572 g/mol. The molecule has 2 amide bonds. The number of allylic oxidation sites excluding steroid dienone is 2. The number of anilines is 1. The Balaban J connectivity index is 1.30. The number of oxime groups is 1. The summed E-state index contributed by atoms with van der Waals surface area (Å²) in [5, 5.41) is 22.7. The van der Waals surface area contributed by atoms with E-state index in [1.165, 1.54) is 22.7 Å². The molecule has 0 unspecified atom stereocenters. The van der Waals surface area contributed by atoms with Gasteiger partial charge in [-0.25, -0.2) is 14.8 Å². The van der Waals surface area contributed by atoms with Gasteiger partial charge in [0.15, 0.2) is 10.8 Å². The second-order valence-electron chi connectivity index (χ2n) is 8.94. The summed E-state index contributed by atoms with van der Waals surface area (Å²) in [6, 6.07) is -0.957. The molecule has 216 valence electrons. The maximum atomic E-state index is 13.2. The van der Waals surface area contributed by atoms with E-state index in [-0.39, 0.29) is 35.4 Å². The Hall–Kier alpha value is -4.48. The van der Waals surface area contributed by atoms with Gasteiger partial charge in [-0.05, 0) is 17.7 Å². The Labute approximate surface area is 242 Å².